The van der Waals surface area contributed by atoms with Gasteiger partial charge in [0.15, 0.2) is 0 Å². The minimum atomic E-state index is -4.80. The Morgan fingerprint density at radius 2 is 1.49 bits per heavy atom. The molecule has 2 saturated heterocycles. The predicted octanol–water partition coefficient (Wildman–Crippen LogP) is 5.47. The normalized spacial score (nSPS) is 18.5. The molecule has 0 radical (unpaired) electrons. The molecule has 16 heteroatoms. The van der Waals surface area contributed by atoms with E-state index in [1.54, 1.807) is 24.3 Å². The number of anilines is 2. The summed E-state index contributed by atoms with van der Waals surface area (Å²) in [5, 5.41) is 5.28. The van der Waals surface area contributed by atoms with Crippen molar-refractivity contribution in [2.45, 2.75) is 55.0 Å². The van der Waals surface area contributed by atoms with E-state index in [1.165, 1.54) is 12.1 Å². The number of morpholine rings is 1. The second-order valence-corrected chi connectivity index (χ2v) is 13.6. The van der Waals surface area contributed by atoms with Crippen LogP contribution in [0, 0.1) is 0 Å². The number of rotatable bonds is 9. The zero-order valence-corrected chi connectivity index (χ0v) is 26.9. The monoisotopic (exact) mass is 712 g/mol. The number of hydrogen-bond acceptors (Lipinski definition) is 6. The Balaban J connectivity index is 1.38. The third-order valence-electron chi connectivity index (χ3n) is 8.39. The predicted molar refractivity (Wildman–Crippen MR) is 168 cm³/mol. The second-order valence-electron chi connectivity index (χ2n) is 11.7. The Morgan fingerprint density at radius 1 is 0.837 bits per heavy atom. The summed E-state index contributed by atoms with van der Waals surface area (Å²) in [6.45, 7) is 2.37. The van der Waals surface area contributed by atoms with E-state index < -0.39 is 62.3 Å². The fourth-order valence-electron chi connectivity index (χ4n) is 5.77. The van der Waals surface area contributed by atoms with E-state index in [0.717, 1.165) is 40.3 Å². The Morgan fingerprint density at radius 3 is 2.12 bits per heavy atom. The number of amides is 2. The third kappa shape index (κ3) is 8.91. The molecule has 0 spiro atoms. The molecule has 264 valence electrons. The second kappa shape index (κ2) is 14.8. The molecule has 2 N–H and O–H groups in total. The van der Waals surface area contributed by atoms with Crippen LogP contribution >= 0.6 is 0 Å². The molecule has 2 amide bonds. The molecule has 49 heavy (non-hydrogen) atoms. The Bertz CT molecular complexity index is 1730. The van der Waals surface area contributed by atoms with Crippen molar-refractivity contribution in [1.29, 1.82) is 0 Å². The summed E-state index contributed by atoms with van der Waals surface area (Å²) >= 11 is 0. The number of nitrogens with one attached hydrogen (secondary N) is 2. The van der Waals surface area contributed by atoms with Crippen molar-refractivity contribution < 1.29 is 49.1 Å². The summed E-state index contributed by atoms with van der Waals surface area (Å²) in [4.78, 5) is 28.8. The molecular weight excluding hydrogens is 678 g/mol. The van der Waals surface area contributed by atoms with Crippen LogP contribution in [0.25, 0.3) is 0 Å². The summed E-state index contributed by atoms with van der Waals surface area (Å²) in [5.41, 5.74) is -0.513. The first-order valence-electron chi connectivity index (χ1n) is 15.5. The summed E-state index contributed by atoms with van der Waals surface area (Å²) in [7, 11) is -4.58. The highest BCUT2D eigenvalue weighted by Gasteiger charge is 2.40. The standard InChI is InChI=1S/C33H34F6N4O5S/c34-32(35,36)23-9-7-22(8-10-23)20-28(30(44)40-25-11-13-26(14-12-25)42-16-18-48-19-17-42)41-31(45)29-6-1-2-15-43(29)49(46,47)27-5-3-4-24(21-27)33(37,38)39/h3-5,7-14,21,28-29H,1-2,6,15-20H2,(H,40,44)(H,41,45)/t28-,29-/m0/s1. The van der Waals surface area contributed by atoms with Crippen LogP contribution in [0.3, 0.4) is 0 Å². The van der Waals surface area contributed by atoms with Crippen LogP contribution in [0.2, 0.25) is 0 Å². The lowest BCUT2D eigenvalue weighted by Crippen LogP contribution is -2.56. The van der Waals surface area contributed by atoms with Gasteiger partial charge in [0.1, 0.15) is 12.1 Å². The maximum Gasteiger partial charge on any atom is 0.416 e. The maximum atomic E-state index is 13.7. The van der Waals surface area contributed by atoms with Gasteiger partial charge in [-0.2, -0.15) is 30.6 Å². The minimum Gasteiger partial charge on any atom is -0.378 e. The van der Waals surface area contributed by atoms with E-state index in [1.807, 2.05) is 0 Å². The molecule has 3 aromatic carbocycles. The number of nitrogens with zero attached hydrogens (tertiary/aromatic N) is 2. The highest BCUT2D eigenvalue weighted by atomic mass is 32.2. The summed E-state index contributed by atoms with van der Waals surface area (Å²) < 4.78 is 113. The van der Waals surface area contributed by atoms with Crippen molar-refractivity contribution in [2.24, 2.45) is 0 Å². The molecule has 0 aliphatic carbocycles. The average molecular weight is 713 g/mol. The fourth-order valence-corrected chi connectivity index (χ4v) is 7.48. The Labute approximate surface area is 279 Å². The van der Waals surface area contributed by atoms with E-state index >= 15 is 0 Å². The van der Waals surface area contributed by atoms with Gasteiger partial charge in [0.2, 0.25) is 21.8 Å². The molecule has 2 aliphatic heterocycles. The SMILES string of the molecule is O=C(Nc1ccc(N2CCOCC2)cc1)[C@H](Cc1ccc(C(F)(F)F)cc1)NC(=O)[C@@H]1CCCCN1S(=O)(=O)c1cccc(C(F)(F)F)c1. The average Bonchev–Trinajstić information content (AvgIpc) is 3.08. The Hall–Kier alpha value is -4.15. The van der Waals surface area contributed by atoms with Gasteiger partial charge >= 0.3 is 12.4 Å². The number of alkyl halides is 6. The maximum absolute atomic E-state index is 13.7. The number of carbonyl (C=O) groups is 2. The lowest BCUT2D eigenvalue weighted by molar-refractivity contribution is -0.138. The quantitative estimate of drug-likeness (QED) is 0.285. The zero-order valence-electron chi connectivity index (χ0n) is 26.1. The first-order chi connectivity index (χ1) is 23.1. The van der Waals surface area contributed by atoms with E-state index in [0.29, 0.717) is 50.9 Å². The molecular formula is C33H34F6N4O5S. The largest absolute Gasteiger partial charge is 0.416 e. The summed E-state index contributed by atoms with van der Waals surface area (Å²) in [5.74, 6) is -1.58. The molecule has 2 aliphatic rings. The van der Waals surface area contributed by atoms with E-state index in [9.17, 15) is 44.3 Å². The minimum absolute atomic E-state index is 0.0294. The molecule has 2 atom stereocenters. The topological polar surface area (TPSA) is 108 Å². The van der Waals surface area contributed by atoms with Crippen LogP contribution < -0.4 is 15.5 Å². The zero-order chi connectivity index (χ0) is 35.4. The number of benzene rings is 3. The number of sulfonamides is 1. The number of ether oxygens (including phenoxy) is 1. The first-order valence-corrected chi connectivity index (χ1v) is 17.0. The van der Waals surface area contributed by atoms with Gasteiger partial charge in [-0.1, -0.05) is 24.6 Å². The molecule has 0 aromatic heterocycles. The molecule has 2 fully saturated rings. The highest BCUT2D eigenvalue weighted by Crippen LogP contribution is 2.33. The van der Waals surface area contributed by atoms with Crippen LogP contribution in [-0.2, 0) is 43.1 Å². The van der Waals surface area contributed by atoms with Gasteiger partial charge in [-0.3, -0.25) is 9.59 Å². The summed E-state index contributed by atoms with van der Waals surface area (Å²) in [6, 6.07) is 11.5. The Kier molecular flexibility index (Phi) is 10.9. The number of hydrogen-bond donors (Lipinski definition) is 2. The van der Waals surface area contributed by atoms with Crippen molar-refractivity contribution in [3.05, 3.63) is 89.5 Å². The van der Waals surface area contributed by atoms with Crippen molar-refractivity contribution >= 4 is 33.2 Å². The molecule has 0 unspecified atom stereocenters. The lowest BCUT2D eigenvalue weighted by atomic mass is 10.0. The van der Waals surface area contributed by atoms with Gasteiger partial charge in [0.05, 0.1) is 29.2 Å². The number of carbonyl (C=O) groups excluding carboxylic acids is 2. The van der Waals surface area contributed by atoms with E-state index in [2.05, 4.69) is 15.5 Å². The van der Waals surface area contributed by atoms with Crippen molar-refractivity contribution in [3.8, 4) is 0 Å². The first kappa shape index (κ1) is 36.1. The molecule has 9 nitrogen and oxygen atoms in total. The van der Waals surface area contributed by atoms with Gasteiger partial charge in [-0.15, -0.1) is 0 Å². The van der Waals surface area contributed by atoms with Crippen LogP contribution in [0.5, 0.6) is 0 Å². The lowest BCUT2D eigenvalue weighted by Gasteiger charge is -2.34. The van der Waals surface area contributed by atoms with Crippen molar-refractivity contribution in [2.75, 3.05) is 43.1 Å². The van der Waals surface area contributed by atoms with Crippen LogP contribution in [0.15, 0.2) is 77.7 Å². The van der Waals surface area contributed by atoms with Gasteiger partial charge in [0, 0.05) is 37.4 Å². The molecule has 5 rings (SSSR count). The van der Waals surface area contributed by atoms with Crippen molar-refractivity contribution in [1.82, 2.24) is 9.62 Å². The van der Waals surface area contributed by atoms with Gasteiger partial charge in [0.25, 0.3) is 0 Å². The van der Waals surface area contributed by atoms with E-state index in [4.69, 9.17) is 4.74 Å². The van der Waals surface area contributed by atoms with E-state index in [-0.39, 0.29) is 24.9 Å². The summed E-state index contributed by atoms with van der Waals surface area (Å²) in [6.07, 6.45) is -8.83. The van der Waals surface area contributed by atoms with Crippen molar-refractivity contribution in [3.63, 3.8) is 0 Å². The van der Waals surface area contributed by atoms with Crippen LogP contribution in [0.4, 0.5) is 37.7 Å². The molecule has 2 heterocycles. The number of piperidine rings is 1. The molecule has 0 saturated carbocycles. The highest BCUT2D eigenvalue weighted by molar-refractivity contribution is 7.89. The van der Waals surface area contributed by atoms with Gasteiger partial charge < -0.3 is 20.3 Å². The van der Waals surface area contributed by atoms with Crippen LogP contribution in [-0.4, -0.2) is 69.5 Å². The smallest absolute Gasteiger partial charge is 0.378 e. The van der Waals surface area contributed by atoms with Crippen LogP contribution in [0.1, 0.15) is 36.0 Å². The number of halogens is 6. The molecule has 0 bridgehead atoms. The fraction of sp³-hybridized carbons (Fsp3) is 0.394. The third-order valence-corrected chi connectivity index (χ3v) is 10.3. The van der Waals surface area contributed by atoms with Gasteiger partial charge in [-0.25, -0.2) is 8.42 Å². The van der Waals surface area contributed by atoms with Gasteiger partial charge in [-0.05, 0) is 73.0 Å². The molecule has 3 aromatic rings.